The van der Waals surface area contributed by atoms with Gasteiger partial charge in [-0.1, -0.05) is 66.2 Å². The second-order valence-corrected chi connectivity index (χ2v) is 6.40. The second-order valence-electron chi connectivity index (χ2n) is 6.40. The first-order chi connectivity index (χ1) is 10.5. The maximum Gasteiger partial charge on any atom is 0.239 e. The molecule has 0 aliphatic heterocycles. The van der Waals surface area contributed by atoms with Crippen molar-refractivity contribution in [2.45, 2.75) is 72.6 Å². The minimum atomic E-state index is -0.0859. The number of hydrogen-bond donors (Lipinski definition) is 1. The molecule has 0 saturated heterocycles. The molecule has 0 aromatic heterocycles. The van der Waals surface area contributed by atoms with Crippen LogP contribution in [-0.4, -0.2) is 36.9 Å². The Balaban J connectivity index is 4.54. The summed E-state index contributed by atoms with van der Waals surface area (Å²) in [6, 6.07) is 0. The van der Waals surface area contributed by atoms with Crippen LogP contribution in [0.3, 0.4) is 0 Å². The summed E-state index contributed by atoms with van der Waals surface area (Å²) in [6.07, 6.45) is 7.92. The van der Waals surface area contributed by atoms with Gasteiger partial charge in [0.05, 0.1) is 6.54 Å². The Morgan fingerprint density at radius 2 is 1.64 bits per heavy atom. The van der Waals surface area contributed by atoms with Crippen molar-refractivity contribution in [2.75, 3.05) is 20.1 Å². The Morgan fingerprint density at radius 1 is 1.00 bits per heavy atom. The van der Waals surface area contributed by atoms with Crippen molar-refractivity contribution in [1.82, 2.24) is 10.2 Å². The van der Waals surface area contributed by atoms with Gasteiger partial charge >= 0.3 is 0 Å². The van der Waals surface area contributed by atoms with Gasteiger partial charge in [-0.2, -0.15) is 0 Å². The first-order valence-electron chi connectivity index (χ1n) is 8.97. The number of hydrogen-bond acceptors (Lipinski definition) is 2. The lowest BCUT2D eigenvalue weighted by atomic mass is 9.90. The number of carbonyl (C=O) groups is 2. The molecule has 0 radical (unpaired) electrons. The molecule has 0 fully saturated rings. The first kappa shape index (κ1) is 20.9. The number of likely N-dealkylation sites (N-methyl/N-ethyl adjacent to an activating group) is 1. The number of amides is 2. The van der Waals surface area contributed by atoms with Crippen molar-refractivity contribution in [2.24, 2.45) is 11.8 Å². The van der Waals surface area contributed by atoms with Crippen LogP contribution in [0.25, 0.3) is 0 Å². The summed E-state index contributed by atoms with van der Waals surface area (Å²) in [5.41, 5.74) is 0. The molecule has 0 aromatic rings. The SMILES string of the molecule is CCCCCCCN(CC(=O)NC)C(=O)C(C)C(C)CCC. The lowest BCUT2D eigenvalue weighted by molar-refractivity contribution is -0.140. The summed E-state index contributed by atoms with van der Waals surface area (Å²) in [5, 5.41) is 2.62. The van der Waals surface area contributed by atoms with Gasteiger partial charge in [0.1, 0.15) is 0 Å². The Bertz CT molecular complexity index is 318. The van der Waals surface area contributed by atoms with Gasteiger partial charge in [0, 0.05) is 19.5 Å². The zero-order valence-electron chi connectivity index (χ0n) is 15.3. The summed E-state index contributed by atoms with van der Waals surface area (Å²) < 4.78 is 0. The highest BCUT2D eigenvalue weighted by Crippen LogP contribution is 2.19. The lowest BCUT2D eigenvalue weighted by Gasteiger charge is -2.28. The molecule has 0 bridgehead atoms. The van der Waals surface area contributed by atoms with Crippen molar-refractivity contribution in [3.63, 3.8) is 0 Å². The van der Waals surface area contributed by atoms with Crippen LogP contribution in [0, 0.1) is 11.8 Å². The van der Waals surface area contributed by atoms with E-state index >= 15 is 0 Å². The van der Waals surface area contributed by atoms with Crippen LogP contribution in [0.15, 0.2) is 0 Å². The molecule has 0 aliphatic rings. The molecule has 2 unspecified atom stereocenters. The van der Waals surface area contributed by atoms with Gasteiger partial charge in [-0.3, -0.25) is 9.59 Å². The summed E-state index contributed by atoms with van der Waals surface area (Å²) >= 11 is 0. The van der Waals surface area contributed by atoms with Crippen molar-refractivity contribution < 1.29 is 9.59 Å². The third kappa shape index (κ3) is 8.40. The molecule has 2 amide bonds. The molecule has 0 aliphatic carbocycles. The first-order valence-corrected chi connectivity index (χ1v) is 8.97. The molecular weight excluding hydrogens is 276 g/mol. The predicted molar refractivity (Wildman–Crippen MR) is 92.6 cm³/mol. The fourth-order valence-electron chi connectivity index (χ4n) is 2.66. The largest absolute Gasteiger partial charge is 0.358 e. The molecular formula is C18H36N2O2. The molecule has 0 heterocycles. The van der Waals surface area contributed by atoms with E-state index in [9.17, 15) is 9.59 Å². The van der Waals surface area contributed by atoms with Gasteiger partial charge in [0.2, 0.25) is 11.8 Å². The van der Waals surface area contributed by atoms with E-state index in [4.69, 9.17) is 0 Å². The number of unbranched alkanes of at least 4 members (excludes halogenated alkanes) is 4. The summed E-state index contributed by atoms with van der Waals surface area (Å²) in [4.78, 5) is 26.1. The van der Waals surface area contributed by atoms with E-state index in [0.29, 0.717) is 12.5 Å². The monoisotopic (exact) mass is 312 g/mol. The van der Waals surface area contributed by atoms with E-state index in [2.05, 4.69) is 26.1 Å². The molecule has 4 heteroatoms. The van der Waals surface area contributed by atoms with Gasteiger partial charge in [-0.15, -0.1) is 0 Å². The molecule has 0 saturated carbocycles. The molecule has 22 heavy (non-hydrogen) atoms. The zero-order chi connectivity index (χ0) is 17.0. The number of rotatable bonds is 12. The zero-order valence-corrected chi connectivity index (χ0v) is 15.3. The van der Waals surface area contributed by atoms with Crippen molar-refractivity contribution in [1.29, 1.82) is 0 Å². The van der Waals surface area contributed by atoms with E-state index in [1.54, 1.807) is 11.9 Å². The topological polar surface area (TPSA) is 49.4 Å². The van der Waals surface area contributed by atoms with Crippen LogP contribution >= 0.6 is 0 Å². The highest BCUT2D eigenvalue weighted by atomic mass is 16.2. The van der Waals surface area contributed by atoms with E-state index in [0.717, 1.165) is 25.7 Å². The number of carbonyl (C=O) groups excluding carboxylic acids is 2. The fraction of sp³-hybridized carbons (Fsp3) is 0.889. The van der Waals surface area contributed by atoms with Crippen LogP contribution in [0.4, 0.5) is 0 Å². The van der Waals surface area contributed by atoms with Gasteiger partial charge in [-0.25, -0.2) is 0 Å². The summed E-state index contributed by atoms with van der Waals surface area (Å²) in [5.74, 6) is 0.391. The Morgan fingerprint density at radius 3 is 2.18 bits per heavy atom. The maximum atomic E-state index is 12.7. The molecule has 1 N–H and O–H groups in total. The molecule has 0 rings (SSSR count). The predicted octanol–water partition coefficient (Wildman–Crippen LogP) is 3.60. The van der Waals surface area contributed by atoms with Crippen LogP contribution in [0.5, 0.6) is 0 Å². The molecule has 4 nitrogen and oxygen atoms in total. The Kier molecular flexibility index (Phi) is 11.9. The fourth-order valence-corrected chi connectivity index (χ4v) is 2.66. The highest BCUT2D eigenvalue weighted by molar-refractivity contribution is 5.85. The summed E-state index contributed by atoms with van der Waals surface area (Å²) in [6.45, 7) is 9.34. The van der Waals surface area contributed by atoms with E-state index in [-0.39, 0.29) is 24.3 Å². The average Bonchev–Trinajstić information content (AvgIpc) is 2.52. The van der Waals surface area contributed by atoms with Crippen molar-refractivity contribution >= 4 is 11.8 Å². The van der Waals surface area contributed by atoms with Gasteiger partial charge in [0.25, 0.3) is 0 Å². The smallest absolute Gasteiger partial charge is 0.239 e. The van der Waals surface area contributed by atoms with E-state index in [1.807, 2.05) is 6.92 Å². The quantitative estimate of drug-likeness (QED) is 0.560. The van der Waals surface area contributed by atoms with E-state index in [1.165, 1.54) is 19.3 Å². The maximum absolute atomic E-state index is 12.7. The van der Waals surface area contributed by atoms with Crippen LogP contribution in [0.2, 0.25) is 0 Å². The molecule has 0 aromatic carbocycles. The summed E-state index contributed by atoms with van der Waals surface area (Å²) in [7, 11) is 1.62. The second kappa shape index (κ2) is 12.5. The van der Waals surface area contributed by atoms with Crippen LogP contribution in [0.1, 0.15) is 72.6 Å². The van der Waals surface area contributed by atoms with E-state index < -0.39 is 0 Å². The minimum Gasteiger partial charge on any atom is -0.358 e. The van der Waals surface area contributed by atoms with Crippen LogP contribution in [-0.2, 0) is 9.59 Å². The van der Waals surface area contributed by atoms with Gasteiger partial charge in [-0.05, 0) is 12.3 Å². The molecule has 0 spiro atoms. The standard InChI is InChI=1S/C18H36N2O2/c1-6-8-9-10-11-13-20(14-17(21)19-5)18(22)16(4)15(3)12-7-2/h15-16H,6-14H2,1-5H3,(H,19,21). The average molecular weight is 312 g/mol. The third-order valence-corrected chi connectivity index (χ3v) is 4.44. The molecule has 130 valence electrons. The molecule has 2 atom stereocenters. The minimum absolute atomic E-state index is 0.0137. The third-order valence-electron chi connectivity index (χ3n) is 4.44. The lowest BCUT2D eigenvalue weighted by Crippen LogP contribution is -2.43. The van der Waals surface area contributed by atoms with Crippen molar-refractivity contribution in [3.05, 3.63) is 0 Å². The van der Waals surface area contributed by atoms with Crippen molar-refractivity contribution in [3.8, 4) is 0 Å². The Hall–Kier alpha value is -1.06. The van der Waals surface area contributed by atoms with Crippen LogP contribution < -0.4 is 5.32 Å². The number of nitrogens with one attached hydrogen (secondary N) is 1. The normalized spacial score (nSPS) is 13.5. The highest BCUT2D eigenvalue weighted by Gasteiger charge is 2.25. The van der Waals surface area contributed by atoms with Gasteiger partial charge in [0.15, 0.2) is 0 Å². The Labute approximate surface area is 137 Å². The number of nitrogens with zero attached hydrogens (tertiary/aromatic N) is 1. The van der Waals surface area contributed by atoms with Gasteiger partial charge < -0.3 is 10.2 Å².